The van der Waals surface area contributed by atoms with E-state index < -0.39 is 0 Å². The zero-order chi connectivity index (χ0) is 14.4. The summed E-state index contributed by atoms with van der Waals surface area (Å²) >= 11 is 0. The lowest BCUT2D eigenvalue weighted by atomic mass is 10.2. The molecule has 0 bridgehead atoms. The van der Waals surface area contributed by atoms with Gasteiger partial charge in [-0.2, -0.15) is 10.2 Å². The van der Waals surface area contributed by atoms with Crippen molar-refractivity contribution in [1.29, 1.82) is 0 Å². The molecule has 0 amide bonds. The Morgan fingerprint density at radius 2 is 1.25 bits per heavy atom. The quantitative estimate of drug-likeness (QED) is 0.696. The van der Waals surface area contributed by atoms with Gasteiger partial charge in [-0.05, 0) is 62.4 Å². The minimum Gasteiger partial charge on any atom is -0.372 e. The second kappa shape index (κ2) is 6.80. The van der Waals surface area contributed by atoms with Crippen molar-refractivity contribution >= 4 is 17.1 Å². The van der Waals surface area contributed by atoms with Gasteiger partial charge < -0.3 is 4.90 Å². The summed E-state index contributed by atoms with van der Waals surface area (Å²) < 4.78 is 12.8. The molecule has 20 heavy (non-hydrogen) atoms. The van der Waals surface area contributed by atoms with Crippen LogP contribution in [-0.4, -0.2) is 13.1 Å². The number of nitrogens with zero attached hydrogens (tertiary/aromatic N) is 3. The Hall–Kier alpha value is -2.23. The first-order valence-corrected chi connectivity index (χ1v) is 6.75. The molecular formula is C16H18FN3. The van der Waals surface area contributed by atoms with Gasteiger partial charge in [-0.3, -0.25) is 0 Å². The smallest absolute Gasteiger partial charge is 0.123 e. The summed E-state index contributed by atoms with van der Waals surface area (Å²) in [6, 6.07) is 13.9. The summed E-state index contributed by atoms with van der Waals surface area (Å²) in [5.41, 5.74) is 2.60. The van der Waals surface area contributed by atoms with E-state index in [1.54, 1.807) is 12.1 Å². The van der Waals surface area contributed by atoms with Gasteiger partial charge in [-0.15, -0.1) is 0 Å². The fraction of sp³-hybridized carbons (Fsp3) is 0.250. The Bertz CT molecular complexity index is 557. The number of halogens is 1. The average molecular weight is 271 g/mol. The number of azo groups is 1. The molecule has 0 aliphatic heterocycles. The summed E-state index contributed by atoms with van der Waals surface area (Å²) in [4.78, 5) is 2.26. The van der Waals surface area contributed by atoms with Gasteiger partial charge in [0.1, 0.15) is 5.82 Å². The van der Waals surface area contributed by atoms with Gasteiger partial charge in [0, 0.05) is 18.8 Å². The van der Waals surface area contributed by atoms with Gasteiger partial charge >= 0.3 is 0 Å². The maximum atomic E-state index is 12.8. The molecular weight excluding hydrogens is 253 g/mol. The summed E-state index contributed by atoms with van der Waals surface area (Å²) in [5.74, 6) is -0.271. The molecule has 0 spiro atoms. The van der Waals surface area contributed by atoms with Crippen LogP contribution in [0.1, 0.15) is 13.8 Å². The van der Waals surface area contributed by atoms with Crippen LogP contribution in [0.25, 0.3) is 0 Å². The van der Waals surface area contributed by atoms with Crippen molar-refractivity contribution in [3.63, 3.8) is 0 Å². The van der Waals surface area contributed by atoms with Gasteiger partial charge in [0.15, 0.2) is 0 Å². The second-order valence-electron chi connectivity index (χ2n) is 4.37. The minimum absolute atomic E-state index is 0.271. The van der Waals surface area contributed by atoms with Gasteiger partial charge in [0.25, 0.3) is 0 Å². The van der Waals surface area contributed by atoms with Crippen molar-refractivity contribution in [2.24, 2.45) is 10.2 Å². The highest BCUT2D eigenvalue weighted by Gasteiger charge is 2.00. The largest absolute Gasteiger partial charge is 0.372 e. The van der Waals surface area contributed by atoms with E-state index in [1.807, 2.05) is 24.3 Å². The molecule has 2 rings (SSSR count). The molecule has 0 saturated heterocycles. The summed E-state index contributed by atoms with van der Waals surface area (Å²) in [5, 5.41) is 8.22. The minimum atomic E-state index is -0.271. The predicted molar refractivity (Wildman–Crippen MR) is 80.6 cm³/mol. The van der Waals surface area contributed by atoms with Crippen molar-refractivity contribution in [1.82, 2.24) is 0 Å². The van der Waals surface area contributed by atoms with Gasteiger partial charge in [0.05, 0.1) is 11.4 Å². The average Bonchev–Trinajstić information content (AvgIpc) is 2.49. The lowest BCUT2D eigenvalue weighted by molar-refractivity contribution is 0.628. The van der Waals surface area contributed by atoms with E-state index in [4.69, 9.17) is 0 Å². The highest BCUT2D eigenvalue weighted by atomic mass is 19.1. The van der Waals surface area contributed by atoms with E-state index in [1.165, 1.54) is 17.8 Å². The Morgan fingerprint density at radius 1 is 0.800 bits per heavy atom. The third kappa shape index (κ3) is 3.63. The molecule has 0 radical (unpaired) electrons. The number of benzene rings is 2. The first kappa shape index (κ1) is 14.2. The molecule has 4 heteroatoms. The molecule has 2 aromatic rings. The zero-order valence-electron chi connectivity index (χ0n) is 11.8. The molecule has 0 aliphatic carbocycles. The van der Waals surface area contributed by atoms with Crippen LogP contribution in [0.15, 0.2) is 58.8 Å². The van der Waals surface area contributed by atoms with E-state index in [9.17, 15) is 4.39 Å². The van der Waals surface area contributed by atoms with Crippen molar-refractivity contribution < 1.29 is 4.39 Å². The molecule has 0 fully saturated rings. The first-order valence-electron chi connectivity index (χ1n) is 6.75. The summed E-state index contributed by atoms with van der Waals surface area (Å²) in [6.07, 6.45) is 0. The third-order valence-electron chi connectivity index (χ3n) is 3.09. The predicted octanol–water partition coefficient (Wildman–Crippen LogP) is 5.09. The highest BCUT2D eigenvalue weighted by Crippen LogP contribution is 2.22. The van der Waals surface area contributed by atoms with Crippen LogP contribution in [0.5, 0.6) is 0 Å². The molecule has 0 saturated carbocycles. The van der Waals surface area contributed by atoms with Crippen molar-refractivity contribution in [2.45, 2.75) is 13.8 Å². The van der Waals surface area contributed by atoms with Crippen LogP contribution in [-0.2, 0) is 0 Å². The molecule has 3 nitrogen and oxygen atoms in total. The maximum absolute atomic E-state index is 12.8. The molecule has 0 atom stereocenters. The van der Waals surface area contributed by atoms with Crippen molar-refractivity contribution in [2.75, 3.05) is 18.0 Å². The lowest BCUT2D eigenvalue weighted by Gasteiger charge is -2.20. The summed E-state index contributed by atoms with van der Waals surface area (Å²) in [6.45, 7) is 6.22. The normalized spacial score (nSPS) is 10.9. The summed E-state index contributed by atoms with van der Waals surface area (Å²) in [7, 11) is 0. The lowest BCUT2D eigenvalue weighted by Crippen LogP contribution is -2.21. The SMILES string of the molecule is CCN(CC)c1ccc(N=Nc2ccc(F)cc2)cc1. The Labute approximate surface area is 118 Å². The molecule has 0 aromatic heterocycles. The van der Waals surface area contributed by atoms with Crippen molar-refractivity contribution in [3.8, 4) is 0 Å². The fourth-order valence-corrected chi connectivity index (χ4v) is 1.94. The topological polar surface area (TPSA) is 28.0 Å². The van der Waals surface area contributed by atoms with E-state index in [0.29, 0.717) is 5.69 Å². The molecule has 0 unspecified atom stereocenters. The van der Waals surface area contributed by atoms with Crippen LogP contribution in [0, 0.1) is 5.82 Å². The Balaban J connectivity index is 2.08. The van der Waals surface area contributed by atoms with Gasteiger partial charge in [-0.25, -0.2) is 4.39 Å². The fourth-order valence-electron chi connectivity index (χ4n) is 1.94. The second-order valence-corrected chi connectivity index (χ2v) is 4.37. The highest BCUT2D eigenvalue weighted by molar-refractivity contribution is 5.52. The molecule has 0 heterocycles. The van der Waals surface area contributed by atoms with Crippen molar-refractivity contribution in [3.05, 3.63) is 54.3 Å². The van der Waals surface area contributed by atoms with Crippen LogP contribution < -0.4 is 4.90 Å². The Morgan fingerprint density at radius 3 is 1.70 bits per heavy atom. The Kier molecular flexibility index (Phi) is 4.82. The number of rotatable bonds is 5. The monoisotopic (exact) mass is 271 g/mol. The maximum Gasteiger partial charge on any atom is 0.123 e. The van der Waals surface area contributed by atoms with E-state index >= 15 is 0 Å². The molecule has 104 valence electrons. The van der Waals surface area contributed by atoms with E-state index in [-0.39, 0.29) is 5.82 Å². The van der Waals surface area contributed by atoms with Gasteiger partial charge in [-0.1, -0.05) is 0 Å². The van der Waals surface area contributed by atoms with Crippen LogP contribution in [0.2, 0.25) is 0 Å². The molecule has 0 aliphatic rings. The number of anilines is 1. The standard InChI is InChI=1S/C16H18FN3/c1-3-20(4-2)16-11-9-15(10-12-16)19-18-14-7-5-13(17)6-8-14/h5-12H,3-4H2,1-2H3. The van der Waals surface area contributed by atoms with Crippen LogP contribution in [0.3, 0.4) is 0 Å². The molecule has 2 aromatic carbocycles. The number of hydrogen-bond donors (Lipinski definition) is 0. The zero-order valence-corrected chi connectivity index (χ0v) is 11.8. The van der Waals surface area contributed by atoms with Gasteiger partial charge in [0.2, 0.25) is 0 Å². The van der Waals surface area contributed by atoms with Crippen LogP contribution in [0.4, 0.5) is 21.5 Å². The van der Waals surface area contributed by atoms with E-state index in [0.717, 1.165) is 18.8 Å². The van der Waals surface area contributed by atoms with E-state index in [2.05, 4.69) is 29.0 Å². The molecule has 0 N–H and O–H groups in total. The first-order chi connectivity index (χ1) is 9.72. The van der Waals surface area contributed by atoms with Crippen LogP contribution >= 0.6 is 0 Å². The third-order valence-corrected chi connectivity index (χ3v) is 3.09. The number of hydrogen-bond acceptors (Lipinski definition) is 3.